The summed E-state index contributed by atoms with van der Waals surface area (Å²) in [5.74, 6) is 2.03. The second-order valence-corrected chi connectivity index (χ2v) is 6.87. The highest BCUT2D eigenvalue weighted by Gasteiger charge is 2.46. The Bertz CT molecular complexity index is 263. The van der Waals surface area contributed by atoms with Crippen LogP contribution in [0.3, 0.4) is 0 Å². The summed E-state index contributed by atoms with van der Waals surface area (Å²) in [4.78, 5) is 5.74. The average molecular weight is 234 g/mol. The van der Waals surface area contributed by atoms with Gasteiger partial charge in [-0.15, -0.1) is 0 Å². The quantitative estimate of drug-likeness (QED) is 0.635. The first-order valence-electron chi connectivity index (χ1n) is 7.90. The number of nitrogens with zero attached hydrogens (tertiary/aromatic N) is 2. The van der Waals surface area contributed by atoms with Gasteiger partial charge in [-0.25, -0.2) is 0 Å². The van der Waals surface area contributed by atoms with Crippen LogP contribution in [-0.4, -0.2) is 48.1 Å². The molecule has 2 unspecified atom stereocenters. The number of hydrogen-bond acceptors (Lipinski definition) is 2. The molecule has 0 spiro atoms. The second-order valence-electron chi connectivity index (χ2n) is 6.87. The Hall–Kier alpha value is -0.0800. The zero-order valence-electron chi connectivity index (χ0n) is 11.0. The van der Waals surface area contributed by atoms with Crippen molar-refractivity contribution in [1.82, 2.24) is 9.80 Å². The molecule has 4 atom stereocenters. The van der Waals surface area contributed by atoms with E-state index in [2.05, 4.69) is 9.80 Å². The van der Waals surface area contributed by atoms with E-state index in [1.807, 2.05) is 0 Å². The van der Waals surface area contributed by atoms with Crippen LogP contribution in [0.1, 0.15) is 44.9 Å². The molecule has 0 aromatic rings. The van der Waals surface area contributed by atoms with Crippen LogP contribution in [0.2, 0.25) is 0 Å². The minimum absolute atomic E-state index is 0.961. The Morgan fingerprint density at radius 3 is 1.71 bits per heavy atom. The normalized spacial score (nSPS) is 47.3. The van der Waals surface area contributed by atoms with E-state index in [1.54, 1.807) is 6.42 Å². The standard InChI is InChI=1S/C15H26N2/c1-3-7-16-11-13-9-12(14(16)5-1)10-17-8-4-2-6-15(13)17/h12-15H,1-11H2/t12?,13?,14-,15-/m1/s1. The van der Waals surface area contributed by atoms with E-state index in [0.29, 0.717) is 0 Å². The van der Waals surface area contributed by atoms with Gasteiger partial charge >= 0.3 is 0 Å². The van der Waals surface area contributed by atoms with E-state index in [-0.39, 0.29) is 0 Å². The Balaban J connectivity index is 1.56. The lowest BCUT2D eigenvalue weighted by molar-refractivity contribution is -0.0718. The SMILES string of the molecule is C1CCN2CC3CC(CN4CCCC[C@H]34)[C@H]2C1. The highest BCUT2D eigenvalue weighted by molar-refractivity contribution is 5.00. The lowest BCUT2D eigenvalue weighted by Crippen LogP contribution is -2.63. The molecule has 0 aromatic heterocycles. The number of fused-ring (bicyclic) bond motifs is 6. The van der Waals surface area contributed by atoms with Crippen molar-refractivity contribution in [3.63, 3.8) is 0 Å². The summed E-state index contributed by atoms with van der Waals surface area (Å²) in [6.07, 6.45) is 10.5. The molecule has 2 heteroatoms. The Morgan fingerprint density at radius 2 is 1.18 bits per heavy atom. The fourth-order valence-corrected chi connectivity index (χ4v) is 5.25. The topological polar surface area (TPSA) is 6.48 Å². The first-order valence-corrected chi connectivity index (χ1v) is 7.90. The van der Waals surface area contributed by atoms with Gasteiger partial charge in [0.2, 0.25) is 0 Å². The molecule has 4 fully saturated rings. The summed E-state index contributed by atoms with van der Waals surface area (Å²) in [6.45, 7) is 5.68. The molecule has 4 heterocycles. The molecule has 96 valence electrons. The van der Waals surface area contributed by atoms with Crippen LogP contribution in [0.5, 0.6) is 0 Å². The van der Waals surface area contributed by atoms with Gasteiger partial charge in [0.25, 0.3) is 0 Å². The molecule has 4 saturated heterocycles. The first-order chi connectivity index (χ1) is 8.42. The number of hydrogen-bond donors (Lipinski definition) is 0. The maximum atomic E-state index is 2.87. The second kappa shape index (κ2) is 4.24. The predicted molar refractivity (Wildman–Crippen MR) is 70.0 cm³/mol. The lowest BCUT2D eigenvalue weighted by atomic mass is 9.71. The van der Waals surface area contributed by atoms with Crippen LogP contribution in [0.15, 0.2) is 0 Å². The molecule has 0 N–H and O–H groups in total. The minimum Gasteiger partial charge on any atom is -0.300 e. The van der Waals surface area contributed by atoms with Crippen LogP contribution >= 0.6 is 0 Å². The van der Waals surface area contributed by atoms with Crippen molar-refractivity contribution in [2.75, 3.05) is 26.2 Å². The fraction of sp³-hybridized carbons (Fsp3) is 1.00. The highest BCUT2D eigenvalue weighted by atomic mass is 15.3. The van der Waals surface area contributed by atoms with Gasteiger partial charge in [-0.2, -0.15) is 0 Å². The Labute approximate surface area is 105 Å². The Kier molecular flexibility index (Phi) is 2.69. The number of piperidine rings is 4. The van der Waals surface area contributed by atoms with Crippen molar-refractivity contribution in [2.24, 2.45) is 11.8 Å². The van der Waals surface area contributed by atoms with E-state index in [4.69, 9.17) is 0 Å². The molecular weight excluding hydrogens is 208 g/mol. The lowest BCUT2D eigenvalue weighted by Gasteiger charge is -2.57. The van der Waals surface area contributed by atoms with E-state index < -0.39 is 0 Å². The van der Waals surface area contributed by atoms with Crippen molar-refractivity contribution in [3.8, 4) is 0 Å². The largest absolute Gasteiger partial charge is 0.300 e. The fourth-order valence-electron chi connectivity index (χ4n) is 5.25. The molecule has 4 rings (SSSR count). The van der Waals surface area contributed by atoms with Crippen molar-refractivity contribution >= 4 is 0 Å². The third-order valence-corrected chi connectivity index (χ3v) is 5.96. The van der Waals surface area contributed by atoms with E-state index in [1.165, 1.54) is 64.7 Å². The van der Waals surface area contributed by atoms with Gasteiger partial charge < -0.3 is 0 Å². The van der Waals surface area contributed by atoms with Crippen molar-refractivity contribution < 1.29 is 0 Å². The van der Waals surface area contributed by atoms with Gasteiger partial charge in [-0.3, -0.25) is 9.80 Å². The average Bonchev–Trinajstić information content (AvgIpc) is 2.39. The third-order valence-electron chi connectivity index (χ3n) is 5.96. The summed E-state index contributed by atoms with van der Waals surface area (Å²) in [5, 5.41) is 0. The van der Waals surface area contributed by atoms with Crippen molar-refractivity contribution in [1.29, 1.82) is 0 Å². The first kappa shape index (κ1) is 10.8. The maximum absolute atomic E-state index is 2.87. The monoisotopic (exact) mass is 234 g/mol. The van der Waals surface area contributed by atoms with Gasteiger partial charge in [-0.1, -0.05) is 12.8 Å². The molecular formula is C15H26N2. The van der Waals surface area contributed by atoms with Gasteiger partial charge in [0, 0.05) is 25.2 Å². The predicted octanol–water partition coefficient (Wildman–Crippen LogP) is 2.35. The zero-order valence-corrected chi connectivity index (χ0v) is 11.0. The molecule has 0 radical (unpaired) electrons. The van der Waals surface area contributed by atoms with Gasteiger partial charge in [-0.05, 0) is 57.0 Å². The summed E-state index contributed by atoms with van der Waals surface area (Å²) >= 11 is 0. The van der Waals surface area contributed by atoms with Gasteiger partial charge in [0.15, 0.2) is 0 Å². The molecule has 0 amide bonds. The number of rotatable bonds is 0. The maximum Gasteiger partial charge on any atom is 0.0136 e. The van der Waals surface area contributed by atoms with Crippen molar-refractivity contribution in [3.05, 3.63) is 0 Å². The minimum atomic E-state index is 0.961. The van der Waals surface area contributed by atoms with E-state index in [0.717, 1.165) is 23.9 Å². The van der Waals surface area contributed by atoms with Crippen LogP contribution in [0.4, 0.5) is 0 Å². The van der Waals surface area contributed by atoms with Crippen molar-refractivity contribution in [2.45, 2.75) is 57.0 Å². The Morgan fingerprint density at radius 1 is 0.647 bits per heavy atom. The molecule has 2 bridgehead atoms. The van der Waals surface area contributed by atoms with Gasteiger partial charge in [0.1, 0.15) is 0 Å². The third kappa shape index (κ3) is 1.76. The smallest absolute Gasteiger partial charge is 0.0136 e. The van der Waals surface area contributed by atoms with Gasteiger partial charge in [0.05, 0.1) is 0 Å². The molecule has 4 aliphatic heterocycles. The van der Waals surface area contributed by atoms with Crippen LogP contribution in [0.25, 0.3) is 0 Å². The highest BCUT2D eigenvalue weighted by Crippen LogP contribution is 2.42. The van der Waals surface area contributed by atoms with Crippen LogP contribution in [-0.2, 0) is 0 Å². The van der Waals surface area contributed by atoms with Crippen LogP contribution < -0.4 is 0 Å². The molecule has 0 saturated carbocycles. The molecule has 4 aliphatic rings. The summed E-state index contributed by atoms with van der Waals surface area (Å²) in [7, 11) is 0. The molecule has 17 heavy (non-hydrogen) atoms. The summed E-state index contributed by atoms with van der Waals surface area (Å²) in [6, 6.07) is 1.92. The zero-order chi connectivity index (χ0) is 11.2. The summed E-state index contributed by atoms with van der Waals surface area (Å²) < 4.78 is 0. The van der Waals surface area contributed by atoms with E-state index >= 15 is 0 Å². The van der Waals surface area contributed by atoms with Crippen LogP contribution in [0, 0.1) is 11.8 Å². The molecule has 0 aliphatic carbocycles. The summed E-state index contributed by atoms with van der Waals surface area (Å²) in [5.41, 5.74) is 0. The molecule has 2 nitrogen and oxygen atoms in total. The van der Waals surface area contributed by atoms with E-state index in [9.17, 15) is 0 Å². The molecule has 0 aromatic carbocycles.